The summed E-state index contributed by atoms with van der Waals surface area (Å²) >= 11 is 0. The highest BCUT2D eigenvalue weighted by molar-refractivity contribution is 7.87. The summed E-state index contributed by atoms with van der Waals surface area (Å²) in [5, 5.41) is 2.92. The molecule has 0 heterocycles. The number of carbonyl (C=O) groups is 1. The third-order valence-corrected chi connectivity index (χ3v) is 6.12. The predicted molar refractivity (Wildman–Crippen MR) is 105 cm³/mol. The lowest BCUT2D eigenvalue weighted by Gasteiger charge is -2.14. The molecule has 1 aliphatic rings. The quantitative estimate of drug-likeness (QED) is 0.598. The number of aryl methyl sites for hydroxylation is 1. The van der Waals surface area contributed by atoms with Crippen molar-refractivity contribution in [3.63, 3.8) is 0 Å². The molecule has 1 fully saturated rings. The Labute approximate surface area is 160 Å². The first-order chi connectivity index (χ1) is 12.9. The van der Waals surface area contributed by atoms with Gasteiger partial charge in [-0.3, -0.25) is 4.79 Å². The number of nitrogens with one attached hydrogen (secondary N) is 1. The van der Waals surface area contributed by atoms with Gasteiger partial charge >= 0.3 is 10.1 Å². The molecule has 1 amide bonds. The van der Waals surface area contributed by atoms with Gasteiger partial charge in [-0.05, 0) is 56.2 Å². The number of hydrogen-bond acceptors (Lipinski definition) is 4. The van der Waals surface area contributed by atoms with Crippen molar-refractivity contribution >= 4 is 21.7 Å². The van der Waals surface area contributed by atoms with Crippen molar-refractivity contribution in [1.29, 1.82) is 0 Å². The van der Waals surface area contributed by atoms with Crippen LogP contribution in [0, 0.1) is 12.8 Å². The van der Waals surface area contributed by atoms with Crippen LogP contribution >= 0.6 is 0 Å². The zero-order valence-electron chi connectivity index (χ0n) is 15.5. The number of hydrogen-bond donors (Lipinski definition) is 1. The van der Waals surface area contributed by atoms with Crippen LogP contribution in [0.1, 0.15) is 44.1 Å². The fraction of sp³-hybridized carbons (Fsp3) is 0.381. The fourth-order valence-corrected chi connectivity index (χ4v) is 4.19. The lowest BCUT2D eigenvalue weighted by atomic mass is 9.99. The minimum Gasteiger partial charge on any atom is -0.379 e. The fourth-order valence-electron chi connectivity index (χ4n) is 3.26. The molecule has 0 aliphatic heterocycles. The van der Waals surface area contributed by atoms with Crippen LogP contribution in [0.25, 0.3) is 0 Å². The van der Waals surface area contributed by atoms with E-state index >= 15 is 0 Å². The SMILES string of the molecule is Cc1ccc(S(=O)(=O)Oc2ccc(NC(=O)C3CCCCCC3)cc2)cc1. The van der Waals surface area contributed by atoms with E-state index in [1.807, 2.05) is 6.92 Å². The lowest BCUT2D eigenvalue weighted by molar-refractivity contribution is -0.120. The summed E-state index contributed by atoms with van der Waals surface area (Å²) in [6, 6.07) is 12.9. The molecule has 6 heteroatoms. The summed E-state index contributed by atoms with van der Waals surface area (Å²) in [4.78, 5) is 12.5. The van der Waals surface area contributed by atoms with Gasteiger partial charge in [-0.25, -0.2) is 0 Å². The molecule has 1 N–H and O–H groups in total. The molecule has 0 aromatic heterocycles. The van der Waals surface area contributed by atoms with E-state index in [1.54, 1.807) is 36.4 Å². The molecule has 0 spiro atoms. The first kappa shape index (κ1) is 19.4. The van der Waals surface area contributed by atoms with E-state index in [-0.39, 0.29) is 22.5 Å². The van der Waals surface area contributed by atoms with Crippen LogP contribution in [-0.2, 0) is 14.9 Å². The molecule has 0 unspecified atom stereocenters. The van der Waals surface area contributed by atoms with E-state index in [2.05, 4.69) is 5.32 Å². The Morgan fingerprint density at radius 1 is 0.926 bits per heavy atom. The summed E-state index contributed by atoms with van der Waals surface area (Å²) in [5.41, 5.74) is 1.62. The molecule has 27 heavy (non-hydrogen) atoms. The molecular formula is C21H25NO4S. The number of benzene rings is 2. The summed E-state index contributed by atoms with van der Waals surface area (Å²) < 4.78 is 29.8. The van der Waals surface area contributed by atoms with Crippen molar-refractivity contribution in [1.82, 2.24) is 0 Å². The Morgan fingerprint density at radius 2 is 1.52 bits per heavy atom. The second-order valence-corrected chi connectivity index (χ2v) is 8.60. The van der Waals surface area contributed by atoms with Gasteiger partial charge in [-0.2, -0.15) is 8.42 Å². The minimum absolute atomic E-state index is 0.0397. The number of rotatable bonds is 5. The average molecular weight is 388 g/mol. The Hall–Kier alpha value is -2.34. The van der Waals surface area contributed by atoms with Crippen LogP contribution in [-0.4, -0.2) is 14.3 Å². The molecular weight excluding hydrogens is 362 g/mol. The second kappa shape index (κ2) is 8.57. The van der Waals surface area contributed by atoms with Crippen molar-refractivity contribution in [2.24, 2.45) is 5.92 Å². The predicted octanol–water partition coefficient (Wildman–Crippen LogP) is 4.67. The number of carbonyl (C=O) groups excluding carboxylic acids is 1. The molecule has 2 aromatic rings. The molecule has 144 valence electrons. The molecule has 1 aliphatic carbocycles. The highest BCUT2D eigenvalue weighted by Crippen LogP contribution is 2.25. The standard InChI is InChI=1S/C21H25NO4S/c1-16-8-14-20(15-9-16)27(24,25)26-19-12-10-18(11-13-19)22-21(23)17-6-4-2-3-5-7-17/h8-15,17H,2-7H2,1H3,(H,22,23). The van der Waals surface area contributed by atoms with Crippen LogP contribution in [0.3, 0.4) is 0 Å². The maximum atomic E-state index is 12.4. The maximum Gasteiger partial charge on any atom is 0.339 e. The van der Waals surface area contributed by atoms with Crippen molar-refractivity contribution in [2.75, 3.05) is 5.32 Å². The highest BCUT2D eigenvalue weighted by atomic mass is 32.2. The summed E-state index contributed by atoms with van der Waals surface area (Å²) in [7, 11) is -3.87. The van der Waals surface area contributed by atoms with Gasteiger partial charge in [-0.15, -0.1) is 0 Å². The van der Waals surface area contributed by atoms with Gasteiger partial charge in [0.25, 0.3) is 0 Å². The number of anilines is 1. The van der Waals surface area contributed by atoms with E-state index in [0.29, 0.717) is 5.69 Å². The van der Waals surface area contributed by atoms with Crippen molar-refractivity contribution in [3.05, 3.63) is 54.1 Å². The highest BCUT2D eigenvalue weighted by Gasteiger charge is 2.20. The summed E-state index contributed by atoms with van der Waals surface area (Å²) in [6.07, 6.45) is 6.46. The zero-order chi connectivity index (χ0) is 19.3. The van der Waals surface area contributed by atoms with E-state index in [4.69, 9.17) is 4.18 Å². The average Bonchev–Trinajstić information content (AvgIpc) is 2.93. The molecule has 0 saturated heterocycles. The van der Waals surface area contributed by atoms with Crippen LogP contribution in [0.15, 0.2) is 53.4 Å². The van der Waals surface area contributed by atoms with Crippen LogP contribution in [0.2, 0.25) is 0 Å². The van der Waals surface area contributed by atoms with Gasteiger partial charge in [0, 0.05) is 11.6 Å². The van der Waals surface area contributed by atoms with Crippen molar-refractivity contribution in [3.8, 4) is 5.75 Å². The Balaban J connectivity index is 1.63. The molecule has 1 saturated carbocycles. The van der Waals surface area contributed by atoms with Gasteiger partial charge in [0.15, 0.2) is 0 Å². The third-order valence-electron chi connectivity index (χ3n) is 4.86. The number of amides is 1. The molecule has 0 radical (unpaired) electrons. The van der Waals surface area contributed by atoms with Gasteiger partial charge in [0.1, 0.15) is 10.6 Å². The van der Waals surface area contributed by atoms with Crippen LogP contribution in [0.5, 0.6) is 5.75 Å². The third kappa shape index (κ3) is 5.32. The minimum atomic E-state index is -3.87. The molecule has 0 atom stereocenters. The Bertz CT molecular complexity index is 865. The first-order valence-electron chi connectivity index (χ1n) is 9.36. The monoisotopic (exact) mass is 387 g/mol. The zero-order valence-corrected chi connectivity index (χ0v) is 16.3. The van der Waals surface area contributed by atoms with Crippen molar-refractivity contribution < 1.29 is 17.4 Å². The van der Waals surface area contributed by atoms with Gasteiger partial charge < -0.3 is 9.50 Å². The van der Waals surface area contributed by atoms with E-state index in [0.717, 1.165) is 31.2 Å². The van der Waals surface area contributed by atoms with Crippen LogP contribution < -0.4 is 9.50 Å². The topological polar surface area (TPSA) is 72.5 Å². The molecule has 0 bridgehead atoms. The second-order valence-electron chi connectivity index (χ2n) is 7.05. The first-order valence-corrected chi connectivity index (χ1v) is 10.8. The molecule has 5 nitrogen and oxygen atoms in total. The Morgan fingerprint density at radius 3 is 2.11 bits per heavy atom. The van der Waals surface area contributed by atoms with E-state index < -0.39 is 10.1 Å². The lowest BCUT2D eigenvalue weighted by Crippen LogP contribution is -2.22. The summed E-state index contributed by atoms with van der Waals surface area (Å²) in [5.74, 6) is 0.311. The summed E-state index contributed by atoms with van der Waals surface area (Å²) in [6.45, 7) is 1.89. The van der Waals surface area contributed by atoms with E-state index in [9.17, 15) is 13.2 Å². The maximum absolute atomic E-state index is 12.4. The van der Waals surface area contributed by atoms with Crippen LogP contribution in [0.4, 0.5) is 5.69 Å². The van der Waals surface area contributed by atoms with Crippen molar-refractivity contribution in [2.45, 2.75) is 50.3 Å². The molecule has 3 rings (SSSR count). The molecule has 2 aromatic carbocycles. The largest absolute Gasteiger partial charge is 0.379 e. The van der Waals surface area contributed by atoms with E-state index in [1.165, 1.54) is 25.0 Å². The smallest absolute Gasteiger partial charge is 0.339 e. The Kier molecular flexibility index (Phi) is 6.16. The van der Waals surface area contributed by atoms with Gasteiger partial charge in [-0.1, -0.05) is 43.4 Å². The van der Waals surface area contributed by atoms with Gasteiger partial charge in [0.05, 0.1) is 0 Å². The normalized spacial score (nSPS) is 15.7. The van der Waals surface area contributed by atoms with Gasteiger partial charge in [0.2, 0.25) is 5.91 Å².